The van der Waals surface area contributed by atoms with Crippen molar-refractivity contribution in [3.63, 3.8) is 0 Å². The maximum absolute atomic E-state index is 12.8. The molecule has 5 nitrogen and oxygen atoms in total. The number of ether oxygens (including phenoxy) is 2. The molecule has 1 heterocycles. The summed E-state index contributed by atoms with van der Waals surface area (Å²) in [5.74, 6) is 0.119. The van der Waals surface area contributed by atoms with Gasteiger partial charge in [0.15, 0.2) is 6.10 Å². The first-order valence-electron chi connectivity index (χ1n) is 8.73. The van der Waals surface area contributed by atoms with Crippen LogP contribution in [0.2, 0.25) is 0 Å². The van der Waals surface area contributed by atoms with Crippen molar-refractivity contribution in [2.24, 2.45) is 0 Å². The largest absolute Gasteiger partial charge is 0.497 e. The van der Waals surface area contributed by atoms with Crippen molar-refractivity contribution >= 4 is 17.6 Å². The van der Waals surface area contributed by atoms with E-state index in [2.05, 4.69) is 0 Å². The number of carbonyl (C=O) groups excluding carboxylic acids is 2. The van der Waals surface area contributed by atoms with E-state index in [9.17, 15) is 9.59 Å². The zero-order chi connectivity index (χ0) is 18.7. The van der Waals surface area contributed by atoms with Crippen molar-refractivity contribution in [2.45, 2.75) is 38.8 Å². The molecule has 0 saturated heterocycles. The average molecular weight is 353 g/mol. The van der Waals surface area contributed by atoms with E-state index in [1.807, 2.05) is 43.3 Å². The lowest BCUT2D eigenvalue weighted by molar-refractivity contribution is -0.153. The molecular formula is C21H23NO4. The molecule has 1 aliphatic rings. The highest BCUT2D eigenvalue weighted by atomic mass is 16.5. The van der Waals surface area contributed by atoms with Gasteiger partial charge >= 0.3 is 5.97 Å². The van der Waals surface area contributed by atoms with Crippen LogP contribution >= 0.6 is 0 Å². The van der Waals surface area contributed by atoms with E-state index >= 15 is 0 Å². The van der Waals surface area contributed by atoms with Crippen LogP contribution in [0.4, 0.5) is 5.69 Å². The molecule has 2 aromatic carbocycles. The summed E-state index contributed by atoms with van der Waals surface area (Å²) in [6.07, 6.45) is 0.108. The van der Waals surface area contributed by atoms with Gasteiger partial charge < -0.3 is 14.4 Å². The van der Waals surface area contributed by atoms with Gasteiger partial charge in [0.25, 0.3) is 5.91 Å². The number of para-hydroxylation sites is 1. The Morgan fingerprint density at radius 3 is 2.54 bits per heavy atom. The van der Waals surface area contributed by atoms with E-state index in [0.29, 0.717) is 0 Å². The minimum Gasteiger partial charge on any atom is -0.497 e. The van der Waals surface area contributed by atoms with E-state index in [0.717, 1.165) is 29.0 Å². The van der Waals surface area contributed by atoms with Crippen molar-refractivity contribution in [3.05, 3.63) is 59.7 Å². The van der Waals surface area contributed by atoms with Gasteiger partial charge in [-0.2, -0.15) is 0 Å². The molecule has 136 valence electrons. The van der Waals surface area contributed by atoms with Gasteiger partial charge in [0, 0.05) is 11.7 Å². The van der Waals surface area contributed by atoms with E-state index in [4.69, 9.17) is 9.47 Å². The smallest absolute Gasteiger partial charge is 0.311 e. The molecule has 3 rings (SSSR count). The lowest BCUT2D eigenvalue weighted by Crippen LogP contribution is -2.43. The molecule has 0 bridgehead atoms. The van der Waals surface area contributed by atoms with Crippen LogP contribution in [0.1, 0.15) is 25.0 Å². The normalized spacial score (nSPS) is 16.7. The zero-order valence-corrected chi connectivity index (χ0v) is 15.3. The minimum atomic E-state index is -0.825. The third-order valence-electron chi connectivity index (χ3n) is 4.61. The van der Waals surface area contributed by atoms with Gasteiger partial charge in [-0.15, -0.1) is 0 Å². The number of nitrogens with zero attached hydrogens (tertiary/aromatic N) is 1. The molecule has 0 radical (unpaired) electrons. The summed E-state index contributed by atoms with van der Waals surface area (Å²) in [5.41, 5.74) is 2.86. The Hall–Kier alpha value is -2.82. The Labute approximate surface area is 153 Å². The highest BCUT2D eigenvalue weighted by molar-refractivity contribution is 5.99. The standard InChI is InChI=1S/C21H23NO4/c1-14-12-17-6-4-5-7-19(17)22(14)21(24)15(2)26-20(23)13-16-8-10-18(25-3)11-9-16/h4-11,14-15H,12-13H2,1-3H3/t14-,15+/m1/s1. The summed E-state index contributed by atoms with van der Waals surface area (Å²) in [7, 11) is 1.59. The molecule has 2 atom stereocenters. The van der Waals surface area contributed by atoms with Crippen LogP contribution in [0, 0.1) is 0 Å². The summed E-state index contributed by atoms with van der Waals surface area (Å²) >= 11 is 0. The number of carbonyl (C=O) groups is 2. The molecular weight excluding hydrogens is 330 g/mol. The van der Waals surface area contributed by atoms with Crippen LogP contribution in [0.25, 0.3) is 0 Å². The monoisotopic (exact) mass is 353 g/mol. The summed E-state index contributed by atoms with van der Waals surface area (Å²) in [4.78, 5) is 26.8. The number of hydrogen-bond acceptors (Lipinski definition) is 4. The molecule has 0 aliphatic carbocycles. The van der Waals surface area contributed by atoms with Gasteiger partial charge in [-0.3, -0.25) is 9.59 Å². The number of amides is 1. The fourth-order valence-corrected chi connectivity index (χ4v) is 3.30. The van der Waals surface area contributed by atoms with E-state index in [1.54, 1.807) is 31.1 Å². The maximum Gasteiger partial charge on any atom is 0.311 e. The number of esters is 1. The van der Waals surface area contributed by atoms with Crippen molar-refractivity contribution < 1.29 is 19.1 Å². The van der Waals surface area contributed by atoms with Gasteiger partial charge in [0.05, 0.1) is 13.5 Å². The quantitative estimate of drug-likeness (QED) is 0.775. The predicted octanol–water partition coefficient (Wildman–Crippen LogP) is 3.15. The van der Waals surface area contributed by atoms with E-state index in [-0.39, 0.29) is 18.4 Å². The number of methoxy groups -OCH3 is 1. The highest BCUT2D eigenvalue weighted by Gasteiger charge is 2.34. The Bertz CT molecular complexity index is 800. The van der Waals surface area contributed by atoms with Gasteiger partial charge in [0.2, 0.25) is 0 Å². The fourth-order valence-electron chi connectivity index (χ4n) is 3.30. The zero-order valence-electron chi connectivity index (χ0n) is 15.3. The molecule has 5 heteroatoms. The van der Waals surface area contributed by atoms with Crippen molar-refractivity contribution in [3.8, 4) is 5.75 Å². The molecule has 1 amide bonds. The fraction of sp³-hybridized carbons (Fsp3) is 0.333. The summed E-state index contributed by atoms with van der Waals surface area (Å²) in [6, 6.07) is 15.1. The molecule has 0 saturated carbocycles. The first-order valence-corrected chi connectivity index (χ1v) is 8.73. The van der Waals surface area contributed by atoms with Gasteiger partial charge in [-0.25, -0.2) is 0 Å². The average Bonchev–Trinajstić information content (AvgIpc) is 2.97. The van der Waals surface area contributed by atoms with Crippen molar-refractivity contribution in [1.29, 1.82) is 0 Å². The first kappa shape index (κ1) is 18.0. The number of fused-ring (bicyclic) bond motifs is 1. The third-order valence-corrected chi connectivity index (χ3v) is 4.61. The second-order valence-corrected chi connectivity index (χ2v) is 6.55. The lowest BCUT2D eigenvalue weighted by atomic mass is 10.1. The van der Waals surface area contributed by atoms with E-state index < -0.39 is 12.1 Å². The lowest BCUT2D eigenvalue weighted by Gasteiger charge is -2.26. The SMILES string of the molecule is COc1ccc(CC(=O)O[C@@H](C)C(=O)N2c3ccccc3C[C@H]2C)cc1. The van der Waals surface area contributed by atoms with Gasteiger partial charge in [-0.05, 0) is 49.6 Å². The Balaban J connectivity index is 1.62. The number of hydrogen-bond donors (Lipinski definition) is 0. The molecule has 1 aliphatic heterocycles. The van der Waals surface area contributed by atoms with Crippen LogP contribution in [-0.2, 0) is 27.2 Å². The second-order valence-electron chi connectivity index (χ2n) is 6.55. The molecule has 2 aromatic rings. The van der Waals surface area contributed by atoms with Crippen LogP contribution in [0.15, 0.2) is 48.5 Å². The number of rotatable bonds is 5. The first-order chi connectivity index (χ1) is 12.5. The Morgan fingerprint density at radius 2 is 1.85 bits per heavy atom. The molecule has 0 aromatic heterocycles. The third kappa shape index (κ3) is 3.72. The molecule has 0 fully saturated rings. The Morgan fingerprint density at radius 1 is 1.15 bits per heavy atom. The maximum atomic E-state index is 12.8. The second kappa shape index (κ2) is 7.60. The highest BCUT2D eigenvalue weighted by Crippen LogP contribution is 2.32. The van der Waals surface area contributed by atoms with Crippen LogP contribution in [-0.4, -0.2) is 31.1 Å². The predicted molar refractivity (Wildman–Crippen MR) is 99.3 cm³/mol. The van der Waals surface area contributed by atoms with Crippen molar-refractivity contribution in [2.75, 3.05) is 12.0 Å². The molecule has 0 unspecified atom stereocenters. The summed E-state index contributed by atoms with van der Waals surface area (Å²) in [5, 5.41) is 0. The Kier molecular flexibility index (Phi) is 5.26. The molecule has 0 spiro atoms. The van der Waals surface area contributed by atoms with Crippen LogP contribution in [0.5, 0.6) is 5.75 Å². The van der Waals surface area contributed by atoms with E-state index in [1.165, 1.54) is 0 Å². The number of benzene rings is 2. The summed E-state index contributed by atoms with van der Waals surface area (Å²) in [6.45, 7) is 3.63. The minimum absolute atomic E-state index is 0.0580. The van der Waals surface area contributed by atoms with Crippen LogP contribution in [0.3, 0.4) is 0 Å². The van der Waals surface area contributed by atoms with Gasteiger partial charge in [0.1, 0.15) is 5.75 Å². The van der Waals surface area contributed by atoms with Crippen LogP contribution < -0.4 is 9.64 Å². The molecule has 26 heavy (non-hydrogen) atoms. The van der Waals surface area contributed by atoms with Crippen molar-refractivity contribution in [1.82, 2.24) is 0 Å². The number of anilines is 1. The molecule has 0 N–H and O–H groups in total. The summed E-state index contributed by atoms with van der Waals surface area (Å²) < 4.78 is 10.5. The topological polar surface area (TPSA) is 55.8 Å². The van der Waals surface area contributed by atoms with Gasteiger partial charge in [-0.1, -0.05) is 30.3 Å².